The van der Waals surface area contributed by atoms with Gasteiger partial charge in [-0.3, -0.25) is 0 Å². The van der Waals surface area contributed by atoms with E-state index in [0.717, 1.165) is 16.6 Å². The minimum absolute atomic E-state index is 0. The predicted molar refractivity (Wildman–Crippen MR) is 64.1 cm³/mol. The van der Waals surface area contributed by atoms with Gasteiger partial charge in [0.25, 0.3) is 0 Å². The van der Waals surface area contributed by atoms with Gasteiger partial charge in [0, 0.05) is 5.56 Å². The van der Waals surface area contributed by atoms with E-state index < -0.39 is 0 Å². The minimum Gasteiger partial charge on any atom is -1.00 e. The van der Waals surface area contributed by atoms with Crippen molar-refractivity contribution in [1.82, 2.24) is 0 Å². The quantitative estimate of drug-likeness (QED) is 0.399. The van der Waals surface area contributed by atoms with Crippen molar-refractivity contribution in [2.45, 2.75) is 13.5 Å². The van der Waals surface area contributed by atoms with E-state index in [0.29, 0.717) is 12.2 Å². The van der Waals surface area contributed by atoms with Crippen LogP contribution < -0.4 is 24.0 Å². The molecule has 1 rings (SSSR count). The molecule has 0 aliphatic rings. The molecule has 0 spiro atoms. The third-order valence-electron chi connectivity index (χ3n) is 2.10. The molecule has 96 valence electrons. The number of esters is 1. The molecule has 1 aromatic carbocycles. The van der Waals surface area contributed by atoms with E-state index in [1.54, 1.807) is 6.07 Å². The van der Waals surface area contributed by atoms with Gasteiger partial charge in [0.1, 0.15) is 6.54 Å². The molecule has 3 nitrogen and oxygen atoms in total. The van der Waals surface area contributed by atoms with Gasteiger partial charge in [-0.2, -0.15) is 0 Å². The number of ether oxygens (including phenoxy) is 1. The fourth-order valence-electron chi connectivity index (χ4n) is 1.56. The Labute approximate surface area is 120 Å². The van der Waals surface area contributed by atoms with Crippen LogP contribution >= 0.6 is 0 Å². The van der Waals surface area contributed by atoms with Crippen molar-refractivity contribution < 1.29 is 38.0 Å². The van der Waals surface area contributed by atoms with Crippen LogP contribution in [-0.2, 0) is 11.3 Å². The molecular weight excluding hydrogens is 329 g/mol. The molecule has 1 aromatic rings. The first-order valence-electron chi connectivity index (χ1n) is 5.49. The summed E-state index contributed by atoms with van der Waals surface area (Å²) < 4.78 is 5.81. The van der Waals surface area contributed by atoms with Crippen molar-refractivity contribution in [3.63, 3.8) is 0 Å². The number of carbonyl (C=O) groups is 1. The lowest BCUT2D eigenvalue weighted by atomic mass is 10.1. The Morgan fingerprint density at radius 3 is 2.47 bits per heavy atom. The van der Waals surface area contributed by atoms with Gasteiger partial charge in [-0.15, -0.1) is 0 Å². The van der Waals surface area contributed by atoms with Gasteiger partial charge < -0.3 is 33.2 Å². The summed E-state index contributed by atoms with van der Waals surface area (Å²) in [7, 11) is 6.37. The monoisotopic (exact) mass is 349 g/mol. The number of hydrogen-bond acceptors (Lipinski definition) is 2. The second-order valence-corrected chi connectivity index (χ2v) is 4.87. The number of rotatable bonds is 4. The Bertz CT molecular complexity index is 372. The molecular formula is C13H20INO2. The first-order chi connectivity index (χ1) is 7.42. The predicted octanol–water partition coefficient (Wildman–Crippen LogP) is -0.926. The Hall–Kier alpha value is -0.620. The summed E-state index contributed by atoms with van der Waals surface area (Å²) in [6.45, 7) is 3.12. The summed E-state index contributed by atoms with van der Waals surface area (Å²) >= 11 is 0. The molecule has 0 unspecified atom stereocenters. The van der Waals surface area contributed by atoms with Crippen molar-refractivity contribution in [3.8, 4) is 0 Å². The minimum atomic E-state index is -0.245. The zero-order chi connectivity index (χ0) is 12.2. The van der Waals surface area contributed by atoms with Gasteiger partial charge >= 0.3 is 5.97 Å². The van der Waals surface area contributed by atoms with E-state index >= 15 is 0 Å². The highest BCUT2D eigenvalue weighted by molar-refractivity contribution is 5.89. The van der Waals surface area contributed by atoms with Crippen molar-refractivity contribution in [1.29, 1.82) is 0 Å². The van der Waals surface area contributed by atoms with Crippen LogP contribution in [0.1, 0.15) is 22.8 Å². The SMILES string of the molecule is CCOC(=O)c1cccc(C[N+](C)(C)C)c1.[I-]. The molecule has 0 saturated heterocycles. The highest BCUT2D eigenvalue weighted by atomic mass is 127. The number of hydrogen-bond donors (Lipinski definition) is 0. The normalized spacial score (nSPS) is 10.6. The van der Waals surface area contributed by atoms with Crippen LogP contribution in [0.3, 0.4) is 0 Å². The van der Waals surface area contributed by atoms with Gasteiger partial charge in [-0.05, 0) is 19.1 Å². The smallest absolute Gasteiger partial charge is 0.338 e. The third kappa shape index (κ3) is 6.02. The van der Waals surface area contributed by atoms with Crippen LogP contribution in [0.5, 0.6) is 0 Å². The lowest BCUT2D eigenvalue weighted by Gasteiger charge is -2.24. The molecule has 0 aromatic heterocycles. The molecule has 17 heavy (non-hydrogen) atoms. The zero-order valence-corrected chi connectivity index (χ0v) is 13.0. The lowest BCUT2D eigenvalue weighted by molar-refractivity contribution is -0.884. The van der Waals surface area contributed by atoms with Crippen molar-refractivity contribution >= 4 is 5.97 Å². The van der Waals surface area contributed by atoms with Gasteiger partial charge in [0.2, 0.25) is 0 Å². The standard InChI is InChI=1S/C13H20NO2.HI/c1-5-16-13(15)12-8-6-7-11(9-12)10-14(2,3)4;/h6-9H,5,10H2,1-4H3;1H/q+1;/p-1. The Morgan fingerprint density at radius 1 is 1.29 bits per heavy atom. The summed E-state index contributed by atoms with van der Waals surface area (Å²) in [4.78, 5) is 11.5. The molecule has 0 amide bonds. The van der Waals surface area contributed by atoms with Crippen LogP contribution in [0.4, 0.5) is 0 Å². The lowest BCUT2D eigenvalue weighted by Crippen LogP contribution is -3.00. The van der Waals surface area contributed by atoms with E-state index in [-0.39, 0.29) is 29.9 Å². The first-order valence-corrected chi connectivity index (χ1v) is 5.49. The number of carbonyl (C=O) groups excluding carboxylic acids is 1. The van der Waals surface area contributed by atoms with Crippen LogP contribution in [-0.4, -0.2) is 38.2 Å². The molecule has 0 atom stereocenters. The van der Waals surface area contributed by atoms with Crippen molar-refractivity contribution in [3.05, 3.63) is 35.4 Å². The molecule has 0 aliphatic carbocycles. The fourth-order valence-corrected chi connectivity index (χ4v) is 1.56. The van der Waals surface area contributed by atoms with Crippen LogP contribution in [0.15, 0.2) is 24.3 Å². The molecule has 0 heterocycles. The summed E-state index contributed by atoms with van der Waals surface area (Å²) in [5.41, 5.74) is 1.78. The summed E-state index contributed by atoms with van der Waals surface area (Å²) in [6.07, 6.45) is 0. The molecule has 0 bridgehead atoms. The summed E-state index contributed by atoms with van der Waals surface area (Å²) in [5, 5.41) is 0. The van der Waals surface area contributed by atoms with E-state index in [1.165, 1.54) is 0 Å². The maximum Gasteiger partial charge on any atom is 0.338 e. The average molecular weight is 349 g/mol. The number of nitrogens with zero attached hydrogens (tertiary/aromatic N) is 1. The van der Waals surface area contributed by atoms with E-state index in [4.69, 9.17) is 4.74 Å². The van der Waals surface area contributed by atoms with Crippen molar-refractivity contribution in [2.24, 2.45) is 0 Å². The largest absolute Gasteiger partial charge is 1.00 e. The summed E-state index contributed by atoms with van der Waals surface area (Å²) in [5.74, 6) is -0.245. The number of quaternary nitrogens is 1. The van der Waals surface area contributed by atoms with E-state index in [9.17, 15) is 4.79 Å². The zero-order valence-electron chi connectivity index (χ0n) is 10.9. The van der Waals surface area contributed by atoms with Crippen LogP contribution in [0, 0.1) is 0 Å². The van der Waals surface area contributed by atoms with Crippen LogP contribution in [0.25, 0.3) is 0 Å². The fraction of sp³-hybridized carbons (Fsp3) is 0.462. The van der Waals surface area contributed by atoms with Gasteiger partial charge in [0.15, 0.2) is 0 Å². The molecule has 0 fully saturated rings. The average Bonchev–Trinajstić information content (AvgIpc) is 2.16. The first kappa shape index (κ1) is 16.4. The number of benzene rings is 1. The highest BCUT2D eigenvalue weighted by Crippen LogP contribution is 2.10. The number of halogens is 1. The van der Waals surface area contributed by atoms with E-state index in [2.05, 4.69) is 21.1 Å². The molecule has 0 radical (unpaired) electrons. The van der Waals surface area contributed by atoms with Crippen LogP contribution in [0.2, 0.25) is 0 Å². The summed E-state index contributed by atoms with van der Waals surface area (Å²) in [6, 6.07) is 7.63. The second-order valence-electron chi connectivity index (χ2n) is 4.87. The molecule has 0 saturated carbocycles. The van der Waals surface area contributed by atoms with Gasteiger partial charge in [-0.1, -0.05) is 12.1 Å². The topological polar surface area (TPSA) is 26.3 Å². The maximum absolute atomic E-state index is 11.5. The van der Waals surface area contributed by atoms with Crippen molar-refractivity contribution in [2.75, 3.05) is 27.7 Å². The molecule has 0 N–H and O–H groups in total. The Morgan fingerprint density at radius 2 is 1.94 bits per heavy atom. The van der Waals surface area contributed by atoms with Gasteiger partial charge in [0.05, 0.1) is 33.3 Å². The third-order valence-corrected chi connectivity index (χ3v) is 2.10. The second kappa shape index (κ2) is 6.96. The molecule has 4 heteroatoms. The Balaban J connectivity index is 0.00000256. The molecule has 0 aliphatic heterocycles. The van der Waals surface area contributed by atoms with E-state index in [1.807, 2.05) is 25.1 Å². The van der Waals surface area contributed by atoms with Gasteiger partial charge in [-0.25, -0.2) is 4.79 Å². The maximum atomic E-state index is 11.5. The highest BCUT2D eigenvalue weighted by Gasteiger charge is 2.11. The Kier molecular flexibility index (Phi) is 6.70.